The smallest absolute Gasteiger partial charge is 0.254 e. The molecule has 84 valence electrons. The third kappa shape index (κ3) is 1.53. The molecule has 0 unspecified atom stereocenters. The van der Waals surface area contributed by atoms with E-state index in [1.54, 1.807) is 12.5 Å². The van der Waals surface area contributed by atoms with Gasteiger partial charge in [0.2, 0.25) is 5.28 Å². The van der Waals surface area contributed by atoms with Gasteiger partial charge < -0.3 is 9.47 Å². The Morgan fingerprint density at radius 1 is 1.19 bits per heavy atom. The summed E-state index contributed by atoms with van der Waals surface area (Å²) in [5.41, 5.74) is 1.75. The summed E-state index contributed by atoms with van der Waals surface area (Å²) >= 11 is 11.8. The first kappa shape index (κ1) is 10.2. The van der Waals surface area contributed by atoms with Crippen LogP contribution in [0.1, 0.15) is 17.7 Å². The van der Waals surface area contributed by atoms with Gasteiger partial charge >= 0.3 is 0 Å². The summed E-state index contributed by atoms with van der Waals surface area (Å²) in [4.78, 5) is 8.10. The van der Waals surface area contributed by atoms with Gasteiger partial charge in [0.05, 0.1) is 12.1 Å². The van der Waals surface area contributed by atoms with E-state index in [9.17, 15) is 0 Å². The van der Waals surface area contributed by atoms with Crippen LogP contribution in [0, 0.1) is 0 Å². The van der Waals surface area contributed by atoms with Crippen molar-refractivity contribution in [1.29, 1.82) is 0 Å². The fourth-order valence-corrected chi connectivity index (χ4v) is 2.54. The Hall–Kier alpha value is -1.00. The summed E-state index contributed by atoms with van der Waals surface area (Å²) < 4.78 is 10.9. The second-order valence-corrected chi connectivity index (χ2v) is 4.50. The zero-order valence-electron chi connectivity index (χ0n) is 8.24. The molecule has 2 aliphatic rings. The van der Waals surface area contributed by atoms with Crippen molar-refractivity contribution in [1.82, 2.24) is 9.97 Å². The van der Waals surface area contributed by atoms with E-state index >= 15 is 0 Å². The Kier molecular flexibility index (Phi) is 2.23. The van der Waals surface area contributed by atoms with Crippen LogP contribution in [0.15, 0.2) is 12.5 Å². The molecule has 0 aromatic carbocycles. The number of hydrogen-bond acceptors (Lipinski definition) is 4. The van der Waals surface area contributed by atoms with Gasteiger partial charge in [-0.05, 0) is 18.0 Å². The molecule has 1 aliphatic carbocycles. The molecule has 2 heterocycles. The van der Waals surface area contributed by atoms with Gasteiger partial charge in [-0.2, -0.15) is 0 Å². The van der Waals surface area contributed by atoms with Crippen molar-refractivity contribution in [2.24, 2.45) is 0 Å². The molecule has 0 fully saturated rings. The maximum absolute atomic E-state index is 6.04. The van der Waals surface area contributed by atoms with Crippen LogP contribution in [-0.4, -0.2) is 15.8 Å². The molecule has 1 aliphatic heterocycles. The summed E-state index contributed by atoms with van der Waals surface area (Å²) in [6.07, 6.45) is 5.10. The average molecular weight is 259 g/mol. The highest BCUT2D eigenvalue weighted by atomic mass is 35.5. The second-order valence-electron chi connectivity index (χ2n) is 3.80. The van der Waals surface area contributed by atoms with E-state index in [2.05, 4.69) is 9.97 Å². The molecule has 16 heavy (non-hydrogen) atoms. The fourth-order valence-electron chi connectivity index (χ4n) is 2.05. The van der Waals surface area contributed by atoms with Crippen molar-refractivity contribution in [3.63, 3.8) is 0 Å². The van der Waals surface area contributed by atoms with E-state index in [0.717, 1.165) is 24.1 Å². The van der Waals surface area contributed by atoms with Crippen LogP contribution in [0.5, 0.6) is 0 Å². The first-order valence-corrected chi connectivity index (χ1v) is 5.66. The average Bonchev–Trinajstić information content (AvgIpc) is 2.68. The zero-order chi connectivity index (χ0) is 11.2. The molecule has 6 heteroatoms. The highest BCUT2D eigenvalue weighted by Gasteiger charge is 2.41. The SMILES string of the molecule is Clc1nc(Cl)c2c(n1)CCC1(C2)OC=CO1. The number of rotatable bonds is 0. The first-order valence-electron chi connectivity index (χ1n) is 4.90. The monoisotopic (exact) mass is 258 g/mol. The molecular formula is C10H8Cl2N2O2. The van der Waals surface area contributed by atoms with Crippen LogP contribution >= 0.6 is 23.2 Å². The predicted octanol–water partition coefficient (Wildman–Crippen LogP) is 2.49. The normalized spacial score (nSPS) is 20.4. The van der Waals surface area contributed by atoms with E-state index < -0.39 is 5.79 Å². The molecular weight excluding hydrogens is 251 g/mol. The molecule has 1 aromatic rings. The number of halogens is 2. The Morgan fingerprint density at radius 3 is 2.69 bits per heavy atom. The number of nitrogens with zero attached hydrogens (tertiary/aromatic N) is 2. The molecule has 0 radical (unpaired) electrons. The topological polar surface area (TPSA) is 44.2 Å². The predicted molar refractivity (Wildman–Crippen MR) is 58.1 cm³/mol. The first-order chi connectivity index (χ1) is 7.69. The molecule has 1 spiro atoms. The van der Waals surface area contributed by atoms with Crippen molar-refractivity contribution >= 4 is 23.2 Å². The van der Waals surface area contributed by atoms with E-state index in [1.165, 1.54) is 0 Å². The Bertz CT molecular complexity index is 468. The number of hydrogen-bond donors (Lipinski definition) is 0. The minimum Gasteiger partial charge on any atom is -0.456 e. The molecule has 0 amide bonds. The molecule has 4 nitrogen and oxygen atoms in total. The van der Waals surface area contributed by atoms with Crippen molar-refractivity contribution in [2.75, 3.05) is 0 Å². The molecule has 1 aromatic heterocycles. The maximum atomic E-state index is 6.04. The lowest BCUT2D eigenvalue weighted by atomic mass is 9.91. The van der Waals surface area contributed by atoms with Crippen molar-refractivity contribution in [2.45, 2.75) is 25.0 Å². The molecule has 3 rings (SSSR count). The van der Waals surface area contributed by atoms with Crippen LogP contribution in [0.4, 0.5) is 0 Å². The van der Waals surface area contributed by atoms with E-state index in [1.807, 2.05) is 0 Å². The number of ether oxygens (including phenoxy) is 2. The quantitative estimate of drug-likeness (QED) is 0.530. The van der Waals surface area contributed by atoms with Crippen LogP contribution in [0.2, 0.25) is 10.4 Å². The molecule has 0 N–H and O–H groups in total. The fraction of sp³-hybridized carbons (Fsp3) is 0.400. The van der Waals surface area contributed by atoms with Gasteiger partial charge in [-0.25, -0.2) is 9.97 Å². The standard InChI is InChI=1S/C10H8Cl2N2O2/c11-8-6-5-10(15-3-4-16-10)2-1-7(6)13-9(12)14-8/h3-4H,1-2,5H2. The van der Waals surface area contributed by atoms with E-state index in [4.69, 9.17) is 32.7 Å². The maximum Gasteiger partial charge on any atom is 0.254 e. The number of fused-ring (bicyclic) bond motifs is 1. The van der Waals surface area contributed by atoms with Crippen LogP contribution < -0.4 is 0 Å². The highest BCUT2D eigenvalue weighted by Crippen LogP contribution is 2.37. The molecule has 0 saturated carbocycles. The Balaban J connectivity index is 2.00. The third-order valence-corrected chi connectivity index (χ3v) is 3.31. The van der Waals surface area contributed by atoms with Crippen molar-refractivity contribution in [3.8, 4) is 0 Å². The minimum absolute atomic E-state index is 0.186. The Morgan fingerprint density at radius 2 is 1.94 bits per heavy atom. The summed E-state index contributed by atoms with van der Waals surface area (Å²) in [6, 6.07) is 0. The molecule has 0 atom stereocenters. The van der Waals surface area contributed by atoms with Gasteiger partial charge in [-0.3, -0.25) is 0 Å². The lowest BCUT2D eigenvalue weighted by molar-refractivity contribution is -0.148. The molecule has 0 saturated heterocycles. The number of aryl methyl sites for hydroxylation is 1. The lowest BCUT2D eigenvalue weighted by Crippen LogP contribution is -2.37. The van der Waals surface area contributed by atoms with Gasteiger partial charge in [0, 0.05) is 12.0 Å². The van der Waals surface area contributed by atoms with Crippen molar-refractivity contribution < 1.29 is 9.47 Å². The van der Waals surface area contributed by atoms with Gasteiger partial charge in [-0.1, -0.05) is 11.6 Å². The zero-order valence-corrected chi connectivity index (χ0v) is 9.75. The van der Waals surface area contributed by atoms with Crippen LogP contribution in [-0.2, 0) is 22.3 Å². The van der Waals surface area contributed by atoms with Gasteiger partial charge in [0.15, 0.2) is 0 Å². The minimum atomic E-state index is -0.617. The summed E-state index contributed by atoms with van der Waals surface area (Å²) in [6.45, 7) is 0. The summed E-state index contributed by atoms with van der Waals surface area (Å²) in [5.74, 6) is -0.617. The summed E-state index contributed by atoms with van der Waals surface area (Å²) in [5, 5.41) is 0.569. The largest absolute Gasteiger partial charge is 0.456 e. The molecule has 0 bridgehead atoms. The third-order valence-electron chi connectivity index (χ3n) is 2.83. The van der Waals surface area contributed by atoms with Gasteiger partial charge in [0.1, 0.15) is 17.7 Å². The van der Waals surface area contributed by atoms with Crippen molar-refractivity contribution in [3.05, 3.63) is 34.2 Å². The Labute approximate surface area is 102 Å². The number of aromatic nitrogens is 2. The van der Waals surface area contributed by atoms with Gasteiger partial charge in [-0.15, -0.1) is 0 Å². The van der Waals surface area contributed by atoms with Gasteiger partial charge in [0.25, 0.3) is 5.79 Å². The van der Waals surface area contributed by atoms with E-state index in [0.29, 0.717) is 11.6 Å². The second kappa shape index (κ2) is 3.50. The van der Waals surface area contributed by atoms with E-state index in [-0.39, 0.29) is 5.28 Å². The highest BCUT2D eigenvalue weighted by molar-refractivity contribution is 6.32. The van der Waals surface area contributed by atoms with Crippen LogP contribution in [0.25, 0.3) is 0 Å². The van der Waals surface area contributed by atoms with Crippen LogP contribution in [0.3, 0.4) is 0 Å². The summed E-state index contributed by atoms with van der Waals surface area (Å²) in [7, 11) is 0. The lowest BCUT2D eigenvalue weighted by Gasteiger charge is -2.32.